The highest BCUT2D eigenvalue weighted by Gasteiger charge is 2.11. The van der Waals surface area contributed by atoms with Crippen molar-refractivity contribution in [2.75, 3.05) is 0 Å². The molecule has 0 saturated heterocycles. The summed E-state index contributed by atoms with van der Waals surface area (Å²) >= 11 is 0. The van der Waals surface area contributed by atoms with Crippen molar-refractivity contribution in [3.63, 3.8) is 0 Å². The number of nitrogens with zero attached hydrogens (tertiary/aromatic N) is 1. The first kappa shape index (κ1) is 15.9. The lowest BCUT2D eigenvalue weighted by Gasteiger charge is -2.01. The molecule has 1 heterocycles. The number of sulfonamides is 1. The van der Waals surface area contributed by atoms with Crippen molar-refractivity contribution in [1.29, 1.82) is 0 Å². The second-order valence-corrected chi connectivity index (χ2v) is 6.54. The molecule has 0 spiro atoms. The summed E-state index contributed by atoms with van der Waals surface area (Å²) < 4.78 is 42.4. The smallest absolute Gasteiger partial charge is 0.276 e. The first-order chi connectivity index (χ1) is 11.5. The van der Waals surface area contributed by atoms with Gasteiger partial charge in [0.25, 0.3) is 10.0 Å². The van der Waals surface area contributed by atoms with Gasteiger partial charge in [-0.2, -0.15) is 18.4 Å². The summed E-state index contributed by atoms with van der Waals surface area (Å²) in [6, 6.07) is 17.1. The normalized spacial score (nSPS) is 11.7. The Kier molecular flexibility index (Phi) is 4.43. The molecule has 0 amide bonds. The molecule has 1 N–H and O–H groups in total. The number of halogens is 1. The van der Waals surface area contributed by atoms with Gasteiger partial charge in [-0.1, -0.05) is 18.2 Å². The highest BCUT2D eigenvalue weighted by molar-refractivity contribution is 7.89. The van der Waals surface area contributed by atoms with Crippen LogP contribution < -0.4 is 4.83 Å². The monoisotopic (exact) mass is 344 g/mol. The van der Waals surface area contributed by atoms with Crippen LogP contribution in [0.3, 0.4) is 0 Å². The van der Waals surface area contributed by atoms with Crippen molar-refractivity contribution in [1.82, 2.24) is 4.83 Å². The van der Waals surface area contributed by atoms with Crippen molar-refractivity contribution in [3.05, 3.63) is 78.3 Å². The molecule has 0 aliphatic heterocycles. The van der Waals surface area contributed by atoms with Gasteiger partial charge in [-0.3, -0.25) is 0 Å². The summed E-state index contributed by atoms with van der Waals surface area (Å²) in [5, 5.41) is 3.69. The van der Waals surface area contributed by atoms with Crippen LogP contribution in [0.25, 0.3) is 11.3 Å². The second kappa shape index (κ2) is 6.67. The van der Waals surface area contributed by atoms with Gasteiger partial charge in [-0.15, -0.1) is 0 Å². The average molecular weight is 344 g/mol. The van der Waals surface area contributed by atoms with E-state index in [1.807, 2.05) is 0 Å². The van der Waals surface area contributed by atoms with Crippen LogP contribution in [-0.4, -0.2) is 14.6 Å². The number of rotatable bonds is 5. The SMILES string of the molecule is O=S(=O)(NN=Cc1ccc(-c2ccc(F)cc2)o1)c1ccccc1. The number of nitrogens with one attached hydrogen (secondary N) is 1. The lowest BCUT2D eigenvalue weighted by molar-refractivity contribution is 0.573. The fraction of sp³-hybridized carbons (Fsp3) is 0. The largest absolute Gasteiger partial charge is 0.455 e. The molecule has 0 fully saturated rings. The first-order valence-electron chi connectivity index (χ1n) is 7.00. The number of hydrogen-bond donors (Lipinski definition) is 1. The Labute approximate surface area is 138 Å². The van der Waals surface area contributed by atoms with Crippen LogP contribution in [0.2, 0.25) is 0 Å². The first-order valence-corrected chi connectivity index (χ1v) is 8.49. The van der Waals surface area contributed by atoms with Crippen LogP contribution in [0.4, 0.5) is 4.39 Å². The van der Waals surface area contributed by atoms with Crippen LogP contribution in [-0.2, 0) is 10.0 Å². The number of hydrogen-bond acceptors (Lipinski definition) is 4. The molecule has 0 aliphatic carbocycles. The molecule has 24 heavy (non-hydrogen) atoms. The maximum atomic E-state index is 12.9. The zero-order chi connectivity index (χ0) is 17.0. The van der Waals surface area contributed by atoms with Gasteiger partial charge in [0.2, 0.25) is 0 Å². The Balaban J connectivity index is 1.71. The molecule has 3 rings (SSSR count). The van der Waals surface area contributed by atoms with Crippen LogP contribution in [0, 0.1) is 5.82 Å². The van der Waals surface area contributed by atoms with Crippen molar-refractivity contribution in [2.24, 2.45) is 5.10 Å². The van der Waals surface area contributed by atoms with E-state index in [0.717, 1.165) is 0 Å². The fourth-order valence-electron chi connectivity index (χ4n) is 2.00. The van der Waals surface area contributed by atoms with Crippen LogP contribution in [0.1, 0.15) is 5.76 Å². The number of hydrazone groups is 1. The Bertz CT molecular complexity index is 949. The van der Waals surface area contributed by atoms with E-state index >= 15 is 0 Å². The number of benzene rings is 2. The summed E-state index contributed by atoms with van der Waals surface area (Å²) in [6.07, 6.45) is 1.26. The minimum atomic E-state index is -3.71. The zero-order valence-corrected chi connectivity index (χ0v) is 13.2. The van der Waals surface area contributed by atoms with Crippen LogP contribution in [0.15, 0.2) is 81.1 Å². The van der Waals surface area contributed by atoms with E-state index in [0.29, 0.717) is 17.1 Å². The molecule has 0 aliphatic rings. The van der Waals surface area contributed by atoms with E-state index in [2.05, 4.69) is 9.93 Å². The molecule has 7 heteroatoms. The molecule has 0 saturated carbocycles. The van der Waals surface area contributed by atoms with Crippen molar-refractivity contribution in [2.45, 2.75) is 4.90 Å². The van der Waals surface area contributed by atoms with E-state index in [1.165, 1.54) is 30.5 Å². The molecule has 1 aromatic heterocycles. The van der Waals surface area contributed by atoms with Gasteiger partial charge in [-0.25, -0.2) is 4.39 Å². The highest BCUT2D eigenvalue weighted by Crippen LogP contribution is 2.21. The highest BCUT2D eigenvalue weighted by atomic mass is 32.2. The fourth-order valence-corrected chi connectivity index (χ4v) is 2.82. The van der Waals surface area contributed by atoms with E-state index in [9.17, 15) is 12.8 Å². The van der Waals surface area contributed by atoms with Crippen molar-refractivity contribution >= 4 is 16.2 Å². The lowest BCUT2D eigenvalue weighted by Crippen LogP contribution is -2.18. The molecule has 0 atom stereocenters. The van der Waals surface area contributed by atoms with Gasteiger partial charge in [0, 0.05) is 5.56 Å². The lowest BCUT2D eigenvalue weighted by atomic mass is 10.2. The molecule has 122 valence electrons. The third-order valence-electron chi connectivity index (χ3n) is 3.17. The standard InChI is InChI=1S/C17H13FN2O3S/c18-14-8-6-13(7-9-14)17-11-10-15(23-17)12-19-20-24(21,22)16-4-2-1-3-5-16/h1-12,20H. The molecule has 3 aromatic rings. The van der Waals surface area contributed by atoms with E-state index in [4.69, 9.17) is 4.42 Å². The zero-order valence-electron chi connectivity index (χ0n) is 12.4. The summed E-state index contributed by atoms with van der Waals surface area (Å²) in [7, 11) is -3.71. The topological polar surface area (TPSA) is 71.7 Å². The molecule has 0 unspecified atom stereocenters. The summed E-state index contributed by atoms with van der Waals surface area (Å²) in [5.74, 6) is 0.565. The maximum Gasteiger partial charge on any atom is 0.276 e. The third-order valence-corrected chi connectivity index (χ3v) is 4.41. The molecular weight excluding hydrogens is 331 g/mol. The summed E-state index contributed by atoms with van der Waals surface area (Å²) in [4.78, 5) is 2.23. The average Bonchev–Trinajstić information content (AvgIpc) is 3.05. The molecular formula is C17H13FN2O3S. The minimum absolute atomic E-state index is 0.119. The van der Waals surface area contributed by atoms with Gasteiger partial charge in [-0.05, 0) is 48.5 Å². The third kappa shape index (κ3) is 3.69. The maximum absolute atomic E-state index is 12.9. The van der Waals surface area contributed by atoms with Crippen molar-refractivity contribution < 1.29 is 17.2 Å². The Morgan fingerprint density at radius 2 is 1.67 bits per heavy atom. The minimum Gasteiger partial charge on any atom is -0.455 e. The molecule has 2 aromatic carbocycles. The summed E-state index contributed by atoms with van der Waals surface area (Å²) in [5.41, 5.74) is 0.709. The van der Waals surface area contributed by atoms with Gasteiger partial charge >= 0.3 is 0 Å². The van der Waals surface area contributed by atoms with E-state index in [-0.39, 0.29) is 10.7 Å². The Morgan fingerprint density at radius 1 is 0.958 bits per heavy atom. The van der Waals surface area contributed by atoms with E-state index in [1.54, 1.807) is 42.5 Å². The summed E-state index contributed by atoms with van der Waals surface area (Å²) in [6.45, 7) is 0. The Hall–Kier alpha value is -2.93. The molecule has 5 nitrogen and oxygen atoms in total. The van der Waals surface area contributed by atoms with Gasteiger partial charge in [0.15, 0.2) is 0 Å². The Morgan fingerprint density at radius 3 is 2.38 bits per heavy atom. The second-order valence-electron chi connectivity index (χ2n) is 4.87. The van der Waals surface area contributed by atoms with E-state index < -0.39 is 10.0 Å². The van der Waals surface area contributed by atoms with Crippen LogP contribution >= 0.6 is 0 Å². The molecule has 0 radical (unpaired) electrons. The van der Waals surface area contributed by atoms with Gasteiger partial charge in [0.05, 0.1) is 11.1 Å². The van der Waals surface area contributed by atoms with Crippen molar-refractivity contribution in [3.8, 4) is 11.3 Å². The predicted octanol–water partition coefficient (Wildman–Crippen LogP) is 3.40. The predicted molar refractivity (Wildman–Crippen MR) is 88.5 cm³/mol. The molecule has 0 bridgehead atoms. The number of furan rings is 1. The van der Waals surface area contributed by atoms with Gasteiger partial charge in [0.1, 0.15) is 17.3 Å². The van der Waals surface area contributed by atoms with Gasteiger partial charge < -0.3 is 4.42 Å². The quantitative estimate of drug-likeness (QED) is 0.569. The van der Waals surface area contributed by atoms with Crippen LogP contribution in [0.5, 0.6) is 0 Å².